The van der Waals surface area contributed by atoms with Gasteiger partial charge in [0.1, 0.15) is 5.69 Å². The van der Waals surface area contributed by atoms with E-state index in [4.69, 9.17) is 0 Å². The molecule has 1 amide bonds. The summed E-state index contributed by atoms with van der Waals surface area (Å²) in [4.78, 5) is 18.2. The van der Waals surface area contributed by atoms with E-state index < -0.39 is 0 Å². The maximum absolute atomic E-state index is 12.3. The summed E-state index contributed by atoms with van der Waals surface area (Å²) < 4.78 is 0.751. The molecule has 1 aromatic rings. The lowest BCUT2D eigenvalue weighted by molar-refractivity contribution is 0.0757. The van der Waals surface area contributed by atoms with Gasteiger partial charge in [-0.05, 0) is 34.5 Å². The highest BCUT2D eigenvalue weighted by Gasteiger charge is 2.18. The fraction of sp³-hybridized carbons (Fsp3) is 0.500. The molecule has 1 aromatic heterocycles. The van der Waals surface area contributed by atoms with Crippen LogP contribution in [0.2, 0.25) is 0 Å². The van der Waals surface area contributed by atoms with Gasteiger partial charge >= 0.3 is 0 Å². The standard InChI is InChI=1S/C12H16Br2N2O/c1-2-3-8-16(9-6-13)12(17)11-10(14)5-4-7-15-11/h4-5,7H,2-3,6,8-9H2,1H3. The number of alkyl halides is 1. The smallest absolute Gasteiger partial charge is 0.273 e. The fourth-order valence-electron chi connectivity index (χ4n) is 1.46. The summed E-state index contributed by atoms with van der Waals surface area (Å²) in [7, 11) is 0. The Morgan fingerprint density at radius 2 is 2.24 bits per heavy atom. The lowest BCUT2D eigenvalue weighted by Crippen LogP contribution is -2.34. The van der Waals surface area contributed by atoms with E-state index in [0.717, 1.165) is 29.2 Å². The number of carbonyl (C=O) groups is 1. The highest BCUT2D eigenvalue weighted by molar-refractivity contribution is 9.10. The summed E-state index contributed by atoms with van der Waals surface area (Å²) in [6, 6.07) is 3.65. The van der Waals surface area contributed by atoms with E-state index in [0.29, 0.717) is 12.2 Å². The Hall–Kier alpha value is -0.420. The van der Waals surface area contributed by atoms with Gasteiger partial charge in [-0.1, -0.05) is 29.3 Å². The zero-order valence-electron chi connectivity index (χ0n) is 9.83. The van der Waals surface area contributed by atoms with Crippen LogP contribution >= 0.6 is 31.9 Å². The molecule has 0 aliphatic rings. The van der Waals surface area contributed by atoms with E-state index in [1.807, 2.05) is 17.0 Å². The monoisotopic (exact) mass is 362 g/mol. The summed E-state index contributed by atoms with van der Waals surface area (Å²) in [5.74, 6) is -0.00891. The van der Waals surface area contributed by atoms with Crippen LogP contribution in [-0.4, -0.2) is 34.2 Å². The van der Waals surface area contributed by atoms with E-state index in [-0.39, 0.29) is 5.91 Å². The summed E-state index contributed by atoms with van der Waals surface area (Å²) >= 11 is 6.74. The van der Waals surface area contributed by atoms with Crippen molar-refractivity contribution in [2.24, 2.45) is 0 Å². The van der Waals surface area contributed by atoms with E-state index in [1.165, 1.54) is 0 Å². The van der Waals surface area contributed by atoms with Crippen molar-refractivity contribution in [3.8, 4) is 0 Å². The molecular weight excluding hydrogens is 348 g/mol. The Balaban J connectivity index is 2.80. The molecule has 5 heteroatoms. The third-order valence-corrected chi connectivity index (χ3v) is 3.38. The number of unbranched alkanes of at least 4 members (excludes halogenated alkanes) is 1. The highest BCUT2D eigenvalue weighted by Crippen LogP contribution is 2.15. The number of hydrogen-bond acceptors (Lipinski definition) is 2. The molecule has 1 heterocycles. The summed E-state index contributed by atoms with van der Waals surface area (Å²) in [6.07, 6.45) is 3.74. The van der Waals surface area contributed by atoms with Crippen molar-refractivity contribution in [2.75, 3.05) is 18.4 Å². The van der Waals surface area contributed by atoms with Crippen LogP contribution in [0.25, 0.3) is 0 Å². The van der Waals surface area contributed by atoms with E-state index in [2.05, 4.69) is 43.8 Å². The maximum atomic E-state index is 12.3. The Bertz CT molecular complexity index is 371. The molecule has 0 unspecified atom stereocenters. The van der Waals surface area contributed by atoms with Crippen LogP contribution in [0.3, 0.4) is 0 Å². The number of halogens is 2. The first-order chi connectivity index (χ1) is 8.20. The SMILES string of the molecule is CCCCN(CCBr)C(=O)c1ncccc1Br. The van der Waals surface area contributed by atoms with Crippen LogP contribution in [0.15, 0.2) is 22.8 Å². The fourth-order valence-corrected chi connectivity index (χ4v) is 2.31. The minimum atomic E-state index is -0.00891. The van der Waals surface area contributed by atoms with Crippen LogP contribution in [0.5, 0.6) is 0 Å². The van der Waals surface area contributed by atoms with Crippen molar-refractivity contribution in [2.45, 2.75) is 19.8 Å². The van der Waals surface area contributed by atoms with Gasteiger partial charge in [0.05, 0.1) is 0 Å². The quantitative estimate of drug-likeness (QED) is 0.725. The first-order valence-corrected chi connectivity index (χ1v) is 7.58. The van der Waals surface area contributed by atoms with Gasteiger partial charge in [0.2, 0.25) is 0 Å². The first kappa shape index (κ1) is 14.6. The molecule has 0 saturated carbocycles. The number of rotatable bonds is 6. The van der Waals surface area contributed by atoms with Gasteiger partial charge in [-0.15, -0.1) is 0 Å². The van der Waals surface area contributed by atoms with Gasteiger partial charge in [-0.3, -0.25) is 4.79 Å². The summed E-state index contributed by atoms with van der Waals surface area (Å²) in [6.45, 7) is 3.61. The topological polar surface area (TPSA) is 33.2 Å². The van der Waals surface area contributed by atoms with Crippen molar-refractivity contribution < 1.29 is 4.79 Å². The lowest BCUT2D eigenvalue weighted by Gasteiger charge is -2.21. The van der Waals surface area contributed by atoms with Gasteiger partial charge < -0.3 is 4.90 Å². The van der Waals surface area contributed by atoms with E-state index >= 15 is 0 Å². The average molecular weight is 364 g/mol. The largest absolute Gasteiger partial charge is 0.336 e. The number of amides is 1. The minimum absolute atomic E-state index is 0.00891. The molecule has 17 heavy (non-hydrogen) atoms. The van der Waals surface area contributed by atoms with Gasteiger partial charge in [0.25, 0.3) is 5.91 Å². The number of hydrogen-bond donors (Lipinski definition) is 0. The number of carbonyl (C=O) groups excluding carboxylic acids is 1. The van der Waals surface area contributed by atoms with Gasteiger partial charge in [-0.2, -0.15) is 0 Å². The van der Waals surface area contributed by atoms with Gasteiger partial charge in [-0.25, -0.2) is 4.98 Å². The van der Waals surface area contributed by atoms with E-state index in [1.54, 1.807) is 6.20 Å². The molecule has 0 bridgehead atoms. The van der Waals surface area contributed by atoms with Crippen LogP contribution in [0.1, 0.15) is 30.3 Å². The predicted octanol–water partition coefficient (Wildman–Crippen LogP) is 3.48. The molecule has 0 fully saturated rings. The zero-order valence-corrected chi connectivity index (χ0v) is 13.0. The van der Waals surface area contributed by atoms with Gasteiger partial charge in [0, 0.05) is 29.1 Å². The lowest BCUT2D eigenvalue weighted by atomic mass is 10.2. The Morgan fingerprint density at radius 1 is 1.47 bits per heavy atom. The Labute approximate surface area is 119 Å². The van der Waals surface area contributed by atoms with E-state index in [9.17, 15) is 4.79 Å². The molecule has 3 nitrogen and oxygen atoms in total. The molecule has 0 aliphatic heterocycles. The first-order valence-electron chi connectivity index (χ1n) is 5.66. The molecule has 0 aliphatic carbocycles. The molecule has 0 spiro atoms. The normalized spacial score (nSPS) is 10.3. The van der Waals surface area contributed by atoms with Crippen molar-refractivity contribution >= 4 is 37.8 Å². The molecule has 0 N–H and O–H groups in total. The van der Waals surface area contributed by atoms with Gasteiger partial charge in [0.15, 0.2) is 0 Å². The Kier molecular flexibility index (Phi) is 6.73. The molecular formula is C12H16Br2N2O. The number of pyridine rings is 1. The molecule has 0 saturated heterocycles. The summed E-state index contributed by atoms with van der Waals surface area (Å²) in [5, 5.41) is 0.785. The van der Waals surface area contributed by atoms with Crippen LogP contribution < -0.4 is 0 Å². The summed E-state index contributed by atoms with van der Waals surface area (Å²) in [5.41, 5.74) is 0.490. The van der Waals surface area contributed by atoms with Crippen molar-refractivity contribution in [1.82, 2.24) is 9.88 Å². The number of aromatic nitrogens is 1. The predicted molar refractivity (Wildman–Crippen MR) is 76.5 cm³/mol. The molecule has 0 radical (unpaired) electrons. The Morgan fingerprint density at radius 3 is 2.82 bits per heavy atom. The maximum Gasteiger partial charge on any atom is 0.273 e. The van der Waals surface area contributed by atoms with Crippen LogP contribution in [0.4, 0.5) is 0 Å². The minimum Gasteiger partial charge on any atom is -0.336 e. The average Bonchev–Trinajstić information content (AvgIpc) is 2.34. The number of nitrogens with zero attached hydrogens (tertiary/aromatic N) is 2. The highest BCUT2D eigenvalue weighted by atomic mass is 79.9. The second-order valence-electron chi connectivity index (χ2n) is 3.67. The molecule has 1 rings (SSSR count). The van der Waals surface area contributed by atoms with Crippen molar-refractivity contribution in [1.29, 1.82) is 0 Å². The molecule has 0 atom stereocenters. The molecule has 94 valence electrons. The van der Waals surface area contributed by atoms with Crippen molar-refractivity contribution in [3.05, 3.63) is 28.5 Å². The second-order valence-corrected chi connectivity index (χ2v) is 5.32. The van der Waals surface area contributed by atoms with Crippen LogP contribution in [-0.2, 0) is 0 Å². The van der Waals surface area contributed by atoms with Crippen molar-refractivity contribution in [3.63, 3.8) is 0 Å². The third-order valence-electron chi connectivity index (χ3n) is 2.38. The third kappa shape index (κ3) is 4.39. The molecule has 0 aromatic carbocycles. The second kappa shape index (κ2) is 7.82. The van der Waals surface area contributed by atoms with Crippen LogP contribution in [0, 0.1) is 0 Å². The zero-order chi connectivity index (χ0) is 12.7.